The molecule has 5 nitrogen and oxygen atoms in total. The molecule has 6 heteroatoms. The summed E-state index contributed by atoms with van der Waals surface area (Å²) >= 11 is 6.09. The predicted molar refractivity (Wildman–Crippen MR) is 107 cm³/mol. The highest BCUT2D eigenvalue weighted by Gasteiger charge is 2.39. The summed E-state index contributed by atoms with van der Waals surface area (Å²) in [6.45, 7) is 4.32. The Kier molecular flexibility index (Phi) is 4.79. The van der Waals surface area contributed by atoms with Gasteiger partial charge < -0.3 is 9.80 Å². The number of halogens is 1. The number of para-hydroxylation sites is 1. The molecule has 140 valence electrons. The molecule has 0 aromatic heterocycles. The zero-order valence-corrected chi connectivity index (χ0v) is 16.0. The van der Waals surface area contributed by atoms with Gasteiger partial charge in [0.25, 0.3) is 0 Å². The van der Waals surface area contributed by atoms with Crippen molar-refractivity contribution in [1.29, 1.82) is 0 Å². The molecule has 2 aromatic rings. The van der Waals surface area contributed by atoms with Crippen molar-refractivity contribution in [3.63, 3.8) is 0 Å². The van der Waals surface area contributed by atoms with Crippen LogP contribution in [0.1, 0.15) is 12.5 Å². The summed E-state index contributed by atoms with van der Waals surface area (Å²) < 4.78 is 0. The van der Waals surface area contributed by atoms with Gasteiger partial charge >= 0.3 is 0 Å². The number of hydrogen-bond acceptors (Lipinski definition) is 3. The molecule has 0 spiro atoms. The van der Waals surface area contributed by atoms with Crippen molar-refractivity contribution in [2.45, 2.75) is 19.4 Å². The van der Waals surface area contributed by atoms with Crippen LogP contribution in [-0.2, 0) is 16.0 Å². The van der Waals surface area contributed by atoms with E-state index < -0.39 is 6.04 Å². The van der Waals surface area contributed by atoms with Gasteiger partial charge in [-0.15, -0.1) is 0 Å². The van der Waals surface area contributed by atoms with Crippen molar-refractivity contribution in [3.8, 4) is 0 Å². The number of anilines is 2. The van der Waals surface area contributed by atoms with E-state index >= 15 is 0 Å². The second kappa shape index (κ2) is 7.24. The Balaban J connectivity index is 1.46. The average Bonchev–Trinajstić information content (AvgIpc) is 3.07. The first-order chi connectivity index (χ1) is 13.0. The van der Waals surface area contributed by atoms with Gasteiger partial charge in [0.15, 0.2) is 0 Å². The van der Waals surface area contributed by atoms with Gasteiger partial charge in [0.2, 0.25) is 11.8 Å². The number of rotatable bonds is 2. The molecule has 2 aliphatic rings. The summed E-state index contributed by atoms with van der Waals surface area (Å²) in [7, 11) is 0. The summed E-state index contributed by atoms with van der Waals surface area (Å²) in [4.78, 5) is 31.2. The van der Waals surface area contributed by atoms with Crippen LogP contribution >= 0.6 is 11.6 Å². The molecular formula is C21H22ClN3O2. The number of carbonyl (C=O) groups is 2. The maximum atomic E-state index is 13.2. The summed E-state index contributed by atoms with van der Waals surface area (Å²) in [5, 5.41) is 0.715. The molecule has 0 bridgehead atoms. The van der Waals surface area contributed by atoms with E-state index in [2.05, 4.69) is 4.90 Å². The Bertz CT molecular complexity index is 877. The SMILES string of the molecule is CC(=O)N1c2ccccc2C[C@H]1C(=O)N1CCN(c2cccc(Cl)c2)CC1. The average molecular weight is 384 g/mol. The van der Waals surface area contributed by atoms with E-state index in [4.69, 9.17) is 11.6 Å². The maximum absolute atomic E-state index is 13.2. The fraction of sp³-hybridized carbons (Fsp3) is 0.333. The minimum absolute atomic E-state index is 0.0344. The molecule has 2 heterocycles. The molecule has 1 atom stereocenters. The van der Waals surface area contributed by atoms with Crippen LogP contribution in [0.25, 0.3) is 0 Å². The standard InChI is InChI=1S/C21H22ClN3O2/c1-15(26)25-19-8-3-2-5-16(19)13-20(25)21(27)24-11-9-23(10-12-24)18-7-4-6-17(22)14-18/h2-8,14,20H,9-13H2,1H3/t20-/m0/s1. The quantitative estimate of drug-likeness (QED) is 0.800. The van der Waals surface area contributed by atoms with Gasteiger partial charge in [0.05, 0.1) is 0 Å². The maximum Gasteiger partial charge on any atom is 0.246 e. The number of fused-ring (bicyclic) bond motifs is 1. The van der Waals surface area contributed by atoms with Gasteiger partial charge in [-0.3, -0.25) is 14.5 Å². The topological polar surface area (TPSA) is 43.9 Å². The third kappa shape index (κ3) is 3.39. The molecule has 2 amide bonds. The lowest BCUT2D eigenvalue weighted by atomic mass is 10.1. The first-order valence-electron chi connectivity index (χ1n) is 9.21. The van der Waals surface area contributed by atoms with Gasteiger partial charge in [0, 0.05) is 55.9 Å². The molecule has 0 aliphatic carbocycles. The first kappa shape index (κ1) is 17.9. The van der Waals surface area contributed by atoms with E-state index in [-0.39, 0.29) is 11.8 Å². The number of nitrogens with zero attached hydrogens (tertiary/aromatic N) is 3. The minimum atomic E-state index is -0.433. The predicted octanol–water partition coefficient (Wildman–Crippen LogP) is 2.97. The minimum Gasteiger partial charge on any atom is -0.368 e. The van der Waals surface area contributed by atoms with Crippen LogP contribution in [0.4, 0.5) is 11.4 Å². The largest absolute Gasteiger partial charge is 0.368 e. The number of amides is 2. The summed E-state index contributed by atoms with van der Waals surface area (Å²) in [5.74, 6) is -0.0528. The molecule has 2 aliphatic heterocycles. The van der Waals surface area contributed by atoms with E-state index in [1.54, 1.807) is 4.90 Å². The van der Waals surface area contributed by atoms with Crippen LogP contribution in [0.3, 0.4) is 0 Å². The van der Waals surface area contributed by atoms with E-state index in [9.17, 15) is 9.59 Å². The molecule has 27 heavy (non-hydrogen) atoms. The Hall–Kier alpha value is -2.53. The number of benzene rings is 2. The van der Waals surface area contributed by atoms with Crippen molar-refractivity contribution in [2.24, 2.45) is 0 Å². The van der Waals surface area contributed by atoms with E-state index in [0.29, 0.717) is 24.5 Å². The van der Waals surface area contributed by atoms with E-state index in [1.165, 1.54) is 6.92 Å². The fourth-order valence-electron chi connectivity index (χ4n) is 4.04. The molecule has 0 saturated carbocycles. The van der Waals surface area contributed by atoms with E-state index in [0.717, 1.165) is 30.0 Å². The second-order valence-corrected chi connectivity index (χ2v) is 7.47. The highest BCUT2D eigenvalue weighted by atomic mass is 35.5. The second-order valence-electron chi connectivity index (χ2n) is 7.03. The van der Waals surface area contributed by atoms with Crippen LogP contribution in [0.15, 0.2) is 48.5 Å². The van der Waals surface area contributed by atoms with Crippen molar-refractivity contribution in [2.75, 3.05) is 36.0 Å². The van der Waals surface area contributed by atoms with Gasteiger partial charge in [-0.2, -0.15) is 0 Å². The zero-order valence-electron chi connectivity index (χ0n) is 15.3. The lowest BCUT2D eigenvalue weighted by Crippen LogP contribution is -2.55. The van der Waals surface area contributed by atoms with Crippen molar-refractivity contribution >= 4 is 34.8 Å². The summed E-state index contributed by atoms with van der Waals surface area (Å²) in [5.41, 5.74) is 3.00. The number of hydrogen-bond donors (Lipinski definition) is 0. The Morgan fingerprint density at radius 3 is 2.44 bits per heavy atom. The summed E-state index contributed by atoms with van der Waals surface area (Å²) in [6, 6.07) is 15.1. The lowest BCUT2D eigenvalue weighted by molar-refractivity contribution is -0.134. The zero-order chi connectivity index (χ0) is 19.0. The first-order valence-corrected chi connectivity index (χ1v) is 9.59. The van der Waals surface area contributed by atoms with Gasteiger partial charge in [0.1, 0.15) is 6.04 Å². The highest BCUT2D eigenvalue weighted by Crippen LogP contribution is 2.33. The van der Waals surface area contributed by atoms with Crippen LogP contribution in [-0.4, -0.2) is 48.9 Å². The molecule has 2 aromatic carbocycles. The fourth-order valence-corrected chi connectivity index (χ4v) is 4.23. The van der Waals surface area contributed by atoms with E-state index in [1.807, 2.05) is 53.4 Å². The van der Waals surface area contributed by atoms with Crippen molar-refractivity contribution in [3.05, 3.63) is 59.1 Å². The molecule has 1 saturated heterocycles. The van der Waals surface area contributed by atoms with Gasteiger partial charge in [-0.05, 0) is 29.8 Å². The lowest BCUT2D eigenvalue weighted by Gasteiger charge is -2.38. The molecule has 0 radical (unpaired) electrons. The smallest absolute Gasteiger partial charge is 0.246 e. The molecule has 4 rings (SSSR count). The Labute approximate surface area is 164 Å². The number of carbonyl (C=O) groups excluding carboxylic acids is 2. The monoisotopic (exact) mass is 383 g/mol. The van der Waals surface area contributed by atoms with Crippen molar-refractivity contribution in [1.82, 2.24) is 4.90 Å². The van der Waals surface area contributed by atoms with Crippen LogP contribution in [0, 0.1) is 0 Å². The van der Waals surface area contributed by atoms with Crippen LogP contribution in [0.5, 0.6) is 0 Å². The highest BCUT2D eigenvalue weighted by molar-refractivity contribution is 6.30. The van der Waals surface area contributed by atoms with Gasteiger partial charge in [-0.25, -0.2) is 0 Å². The third-order valence-corrected chi connectivity index (χ3v) is 5.60. The molecular weight excluding hydrogens is 362 g/mol. The molecule has 1 fully saturated rings. The normalized spacial score (nSPS) is 19.2. The number of piperazine rings is 1. The molecule has 0 N–H and O–H groups in total. The van der Waals surface area contributed by atoms with Crippen LogP contribution < -0.4 is 9.80 Å². The Morgan fingerprint density at radius 2 is 1.74 bits per heavy atom. The Morgan fingerprint density at radius 1 is 1.00 bits per heavy atom. The van der Waals surface area contributed by atoms with Crippen LogP contribution in [0.2, 0.25) is 5.02 Å². The van der Waals surface area contributed by atoms with Gasteiger partial charge in [-0.1, -0.05) is 35.9 Å². The van der Waals surface area contributed by atoms with Crippen molar-refractivity contribution < 1.29 is 9.59 Å². The third-order valence-electron chi connectivity index (χ3n) is 5.37. The summed E-state index contributed by atoms with van der Waals surface area (Å²) in [6.07, 6.45) is 0.586. The molecule has 0 unspecified atom stereocenters.